The molecule has 162 valence electrons. The number of anilines is 2. The second-order valence-corrected chi connectivity index (χ2v) is 11.3. The molecule has 0 bridgehead atoms. The highest BCUT2D eigenvalue weighted by molar-refractivity contribution is 7.93. The number of hydrogen-bond donors (Lipinski definition) is 3. The van der Waals surface area contributed by atoms with Crippen molar-refractivity contribution in [2.75, 3.05) is 15.6 Å². The minimum atomic E-state index is -4.04. The maximum atomic E-state index is 12.2. The zero-order chi connectivity index (χ0) is 22.3. The van der Waals surface area contributed by atoms with Gasteiger partial charge in [0, 0.05) is 5.02 Å². The van der Waals surface area contributed by atoms with Crippen LogP contribution in [0.15, 0.2) is 36.4 Å². The number of hydrogen-bond acceptors (Lipinski definition) is 6. The van der Waals surface area contributed by atoms with Gasteiger partial charge in [-0.2, -0.15) is 8.42 Å². The summed E-state index contributed by atoms with van der Waals surface area (Å²) >= 11 is 6.07. The smallest absolute Gasteiger partial charge is 0.326 e. The Morgan fingerprint density at radius 2 is 1.93 bits per heavy atom. The fourth-order valence-corrected chi connectivity index (χ4v) is 4.95. The molecule has 1 aliphatic heterocycles. The van der Waals surface area contributed by atoms with Crippen LogP contribution in [0.4, 0.5) is 11.4 Å². The summed E-state index contributed by atoms with van der Waals surface area (Å²) in [5.41, 5.74) is 1.47. The summed E-state index contributed by atoms with van der Waals surface area (Å²) in [6, 6.07) is 9.04. The molecule has 3 N–H and O–H groups in total. The lowest BCUT2D eigenvalue weighted by Crippen LogP contribution is -2.29. The van der Waals surface area contributed by atoms with Crippen molar-refractivity contribution in [3.63, 3.8) is 0 Å². The number of carbonyl (C=O) groups is 1. The van der Waals surface area contributed by atoms with E-state index in [4.69, 9.17) is 11.6 Å². The largest absolute Gasteiger partial charge is 0.506 e. The van der Waals surface area contributed by atoms with Gasteiger partial charge in [-0.05, 0) is 61.7 Å². The Morgan fingerprint density at radius 1 is 1.23 bits per heavy atom. The number of aromatic hydroxyl groups is 1. The van der Waals surface area contributed by atoms with Gasteiger partial charge in [0.15, 0.2) is 0 Å². The number of nitrogens with one attached hydrogen (secondary N) is 2. The molecule has 2 aromatic rings. The number of nitrogens with zero attached hydrogens (tertiary/aromatic N) is 1. The summed E-state index contributed by atoms with van der Waals surface area (Å²) in [6.45, 7) is 2.69. The van der Waals surface area contributed by atoms with Gasteiger partial charge in [-0.1, -0.05) is 17.7 Å². The van der Waals surface area contributed by atoms with Crippen molar-refractivity contribution in [3.8, 4) is 5.75 Å². The number of benzene rings is 2. The second-order valence-electron chi connectivity index (χ2n) is 7.03. The predicted molar refractivity (Wildman–Crippen MR) is 114 cm³/mol. The zero-order valence-corrected chi connectivity index (χ0v) is 18.5. The van der Waals surface area contributed by atoms with Crippen molar-refractivity contribution in [1.29, 1.82) is 0 Å². The number of sulfonamides is 1. The molecule has 0 aromatic heterocycles. The van der Waals surface area contributed by atoms with Crippen LogP contribution in [0.5, 0.6) is 5.75 Å². The van der Waals surface area contributed by atoms with Crippen molar-refractivity contribution in [2.24, 2.45) is 0 Å². The lowest BCUT2D eigenvalue weighted by molar-refractivity contribution is -0.117. The number of carbonyl (C=O) groups excluding carboxylic acids is 1. The first-order valence-corrected chi connectivity index (χ1v) is 12.2. The molecule has 0 aliphatic carbocycles. The van der Waals surface area contributed by atoms with Crippen LogP contribution in [0.25, 0.3) is 0 Å². The van der Waals surface area contributed by atoms with Gasteiger partial charge in [0.2, 0.25) is 10.0 Å². The quantitative estimate of drug-likeness (QED) is 0.587. The molecule has 0 unspecified atom stereocenters. The van der Waals surface area contributed by atoms with E-state index in [-0.39, 0.29) is 17.9 Å². The number of phenols is 1. The number of amides is 1. The highest BCUT2D eigenvalue weighted by Crippen LogP contribution is 2.33. The van der Waals surface area contributed by atoms with Gasteiger partial charge in [0.25, 0.3) is 5.91 Å². The molecule has 1 aliphatic rings. The highest BCUT2D eigenvalue weighted by atomic mass is 35.5. The molecule has 2 aromatic carbocycles. The maximum Gasteiger partial charge on any atom is 0.326 e. The Morgan fingerprint density at radius 3 is 2.50 bits per heavy atom. The fraction of sp³-hybridized carbons (Fsp3) is 0.278. The molecule has 0 radical (unpaired) electrons. The van der Waals surface area contributed by atoms with Crippen LogP contribution in [0.1, 0.15) is 25.0 Å². The average molecular weight is 474 g/mol. The highest BCUT2D eigenvalue weighted by Gasteiger charge is 2.35. The number of rotatable bonds is 6. The van der Waals surface area contributed by atoms with E-state index in [1.54, 1.807) is 38.1 Å². The lowest BCUT2D eigenvalue weighted by atomic mass is 10.0. The summed E-state index contributed by atoms with van der Waals surface area (Å²) < 4.78 is 53.6. The fourth-order valence-electron chi connectivity index (χ4n) is 2.85. The first-order valence-electron chi connectivity index (χ1n) is 8.84. The van der Waals surface area contributed by atoms with E-state index < -0.39 is 37.9 Å². The van der Waals surface area contributed by atoms with Crippen molar-refractivity contribution in [3.05, 3.63) is 52.5 Å². The normalized spacial score (nSPS) is 16.0. The molecular formula is C18H20ClN3O6S2. The van der Waals surface area contributed by atoms with E-state index in [0.29, 0.717) is 21.8 Å². The Hall–Kier alpha value is -2.50. The van der Waals surface area contributed by atoms with Crippen molar-refractivity contribution >= 4 is 49.1 Å². The first kappa shape index (κ1) is 22.2. The summed E-state index contributed by atoms with van der Waals surface area (Å²) in [5.74, 6) is -1.03. The van der Waals surface area contributed by atoms with Crippen LogP contribution in [-0.2, 0) is 31.4 Å². The van der Waals surface area contributed by atoms with Gasteiger partial charge in [-0.25, -0.2) is 17.4 Å². The summed E-state index contributed by atoms with van der Waals surface area (Å²) in [7, 11) is -7.62. The molecule has 0 spiro atoms. The Labute approximate surface area is 179 Å². The summed E-state index contributed by atoms with van der Waals surface area (Å²) in [5, 5.41) is 10.1. The zero-order valence-electron chi connectivity index (χ0n) is 16.1. The van der Waals surface area contributed by atoms with E-state index in [1.807, 2.05) is 4.72 Å². The molecule has 9 nitrogen and oxygen atoms in total. The Balaban J connectivity index is 1.92. The van der Waals surface area contributed by atoms with E-state index in [1.165, 1.54) is 12.1 Å². The van der Waals surface area contributed by atoms with Crippen molar-refractivity contribution in [1.82, 2.24) is 4.72 Å². The van der Waals surface area contributed by atoms with E-state index in [0.717, 1.165) is 4.31 Å². The molecule has 1 amide bonds. The predicted octanol–water partition coefficient (Wildman–Crippen LogP) is 1.97. The van der Waals surface area contributed by atoms with Gasteiger partial charge in [0.1, 0.15) is 12.3 Å². The maximum absolute atomic E-state index is 12.2. The van der Waals surface area contributed by atoms with E-state index in [2.05, 4.69) is 4.72 Å². The van der Waals surface area contributed by atoms with Crippen LogP contribution in [0, 0.1) is 0 Å². The van der Waals surface area contributed by atoms with Crippen LogP contribution < -0.4 is 13.7 Å². The van der Waals surface area contributed by atoms with Crippen LogP contribution >= 0.6 is 11.6 Å². The molecule has 1 saturated heterocycles. The van der Waals surface area contributed by atoms with Gasteiger partial charge in [-0.15, -0.1) is 0 Å². The lowest BCUT2D eigenvalue weighted by Gasteiger charge is -2.18. The monoisotopic (exact) mass is 473 g/mol. The first-order chi connectivity index (χ1) is 13.9. The summed E-state index contributed by atoms with van der Waals surface area (Å²) in [4.78, 5) is 11.4. The van der Waals surface area contributed by atoms with Crippen molar-refractivity contribution in [2.45, 2.75) is 25.5 Å². The van der Waals surface area contributed by atoms with Gasteiger partial charge < -0.3 is 5.11 Å². The summed E-state index contributed by atoms with van der Waals surface area (Å²) in [6.07, 6.45) is 0.217. The molecular weight excluding hydrogens is 454 g/mol. The van der Waals surface area contributed by atoms with Crippen LogP contribution in [0.2, 0.25) is 5.02 Å². The molecule has 30 heavy (non-hydrogen) atoms. The van der Waals surface area contributed by atoms with E-state index in [9.17, 15) is 26.7 Å². The molecule has 1 heterocycles. The molecule has 0 atom stereocenters. The minimum Gasteiger partial charge on any atom is -0.506 e. The molecule has 1 fully saturated rings. The van der Waals surface area contributed by atoms with Crippen LogP contribution in [-0.4, -0.2) is 39.6 Å². The van der Waals surface area contributed by atoms with E-state index >= 15 is 0 Å². The third kappa shape index (κ3) is 4.63. The SMILES string of the molecule is CC(C)S(=O)(=O)Nc1ccc(Cl)cc1Cc1ccc(N2CC(=O)NS2(=O)=O)c(O)c1. The topological polar surface area (TPSA) is 133 Å². The van der Waals surface area contributed by atoms with Gasteiger partial charge in [-0.3, -0.25) is 9.52 Å². The van der Waals surface area contributed by atoms with Crippen molar-refractivity contribution < 1.29 is 26.7 Å². The standard InChI is InChI=1S/C18H20ClN3O6S2/c1-11(2)29(25,26)20-15-5-4-14(19)9-13(15)7-12-3-6-16(17(23)8-12)22-10-18(24)21-30(22,27)28/h3-6,8-9,11,20,23H,7,10H2,1-2H3,(H,21,24). The Kier molecular flexibility index (Phi) is 5.89. The molecule has 3 rings (SSSR count). The number of phenolic OH excluding ortho intramolecular Hbond substituents is 1. The third-order valence-corrected chi connectivity index (χ3v) is 7.84. The average Bonchev–Trinajstić information content (AvgIpc) is 2.89. The second kappa shape index (κ2) is 7.97. The van der Waals surface area contributed by atoms with Gasteiger partial charge in [0.05, 0.1) is 16.6 Å². The third-order valence-electron chi connectivity index (χ3n) is 4.46. The van der Waals surface area contributed by atoms with Gasteiger partial charge >= 0.3 is 10.2 Å². The number of halogens is 1. The van der Waals surface area contributed by atoms with Crippen LogP contribution in [0.3, 0.4) is 0 Å². The molecule has 0 saturated carbocycles. The minimum absolute atomic E-state index is 0.0380. The molecule has 12 heteroatoms. The Bertz CT molecular complexity index is 1210.